The van der Waals surface area contributed by atoms with Gasteiger partial charge >= 0.3 is 0 Å². The van der Waals surface area contributed by atoms with E-state index in [4.69, 9.17) is 23.2 Å². The number of aromatic nitrogens is 1. The normalized spacial score (nSPS) is 15.4. The Hall–Kier alpha value is -2.26. The van der Waals surface area contributed by atoms with E-state index >= 15 is 0 Å². The summed E-state index contributed by atoms with van der Waals surface area (Å²) in [4.78, 5) is 18.9. The monoisotopic (exact) mass is 481 g/mol. The van der Waals surface area contributed by atoms with Gasteiger partial charge in [0.2, 0.25) is 10.0 Å². The number of halogens is 3. The van der Waals surface area contributed by atoms with Gasteiger partial charge in [-0.15, -0.1) is 0 Å². The minimum atomic E-state index is -3.84. The third-order valence-electron chi connectivity index (χ3n) is 5.24. The van der Waals surface area contributed by atoms with Crippen LogP contribution in [-0.4, -0.2) is 54.7 Å². The van der Waals surface area contributed by atoms with E-state index in [2.05, 4.69) is 4.98 Å². The van der Waals surface area contributed by atoms with Gasteiger partial charge in [-0.25, -0.2) is 12.8 Å². The number of carbonyl (C=O) groups is 1. The van der Waals surface area contributed by atoms with Gasteiger partial charge in [-0.1, -0.05) is 23.2 Å². The zero-order valence-corrected chi connectivity index (χ0v) is 18.8. The number of fused-ring (bicyclic) bond motifs is 1. The summed E-state index contributed by atoms with van der Waals surface area (Å²) in [5.74, 6) is -0.635. The summed E-state index contributed by atoms with van der Waals surface area (Å²) in [5.41, 5.74) is 1.38. The van der Waals surface area contributed by atoms with Crippen molar-refractivity contribution in [2.75, 3.05) is 26.2 Å². The molecule has 2 aromatic carbocycles. The molecule has 0 spiro atoms. The number of hydrogen-bond acceptors (Lipinski definition) is 4. The molecule has 2 heterocycles. The van der Waals surface area contributed by atoms with Gasteiger partial charge in [-0.05, 0) is 43.3 Å². The lowest BCUT2D eigenvalue weighted by Crippen LogP contribution is -2.50. The Balaban J connectivity index is 1.53. The average Bonchev–Trinajstić information content (AvgIpc) is 2.74. The molecule has 3 aromatic rings. The molecule has 1 aliphatic rings. The Labute approximate surface area is 189 Å². The summed E-state index contributed by atoms with van der Waals surface area (Å²) in [6.07, 6.45) is 0. The number of amides is 1. The van der Waals surface area contributed by atoms with Crippen LogP contribution in [0.5, 0.6) is 0 Å². The molecule has 0 N–H and O–H groups in total. The number of nitrogens with zero attached hydrogens (tertiary/aromatic N) is 3. The van der Waals surface area contributed by atoms with E-state index in [1.807, 2.05) is 0 Å². The predicted molar refractivity (Wildman–Crippen MR) is 118 cm³/mol. The van der Waals surface area contributed by atoms with Gasteiger partial charge < -0.3 is 4.90 Å². The fourth-order valence-electron chi connectivity index (χ4n) is 3.57. The van der Waals surface area contributed by atoms with Crippen LogP contribution in [0.25, 0.3) is 10.9 Å². The van der Waals surface area contributed by atoms with Crippen LogP contribution in [0.4, 0.5) is 4.39 Å². The molecule has 0 bridgehead atoms. The largest absolute Gasteiger partial charge is 0.336 e. The van der Waals surface area contributed by atoms with Crippen molar-refractivity contribution in [3.05, 3.63) is 69.6 Å². The van der Waals surface area contributed by atoms with Crippen molar-refractivity contribution in [1.82, 2.24) is 14.2 Å². The number of benzene rings is 2. The molecule has 0 aliphatic carbocycles. The lowest BCUT2D eigenvalue weighted by molar-refractivity contribution is 0.0697. The number of carbonyl (C=O) groups excluding carboxylic acids is 1. The van der Waals surface area contributed by atoms with E-state index in [1.165, 1.54) is 34.6 Å². The first-order chi connectivity index (χ1) is 14.7. The highest BCUT2D eigenvalue weighted by Gasteiger charge is 2.32. The molecule has 4 rings (SSSR count). The molecular formula is C21H18Cl2FN3O3S. The summed E-state index contributed by atoms with van der Waals surface area (Å²) in [6, 6.07) is 10.2. The van der Waals surface area contributed by atoms with Gasteiger partial charge in [0.15, 0.2) is 0 Å². The first kappa shape index (κ1) is 22.0. The van der Waals surface area contributed by atoms with Crippen LogP contribution in [-0.2, 0) is 10.0 Å². The summed E-state index contributed by atoms with van der Waals surface area (Å²) >= 11 is 12.0. The fourth-order valence-corrected chi connectivity index (χ4v) is 5.73. The van der Waals surface area contributed by atoms with Crippen LogP contribution in [0, 0.1) is 12.7 Å². The topological polar surface area (TPSA) is 70.6 Å². The Kier molecular flexibility index (Phi) is 5.91. The molecule has 162 valence electrons. The number of pyridine rings is 1. The van der Waals surface area contributed by atoms with E-state index in [1.54, 1.807) is 24.0 Å². The van der Waals surface area contributed by atoms with E-state index in [-0.39, 0.29) is 47.0 Å². The molecule has 1 fully saturated rings. The Morgan fingerprint density at radius 2 is 1.74 bits per heavy atom. The summed E-state index contributed by atoms with van der Waals surface area (Å²) in [5, 5.41) is 1.03. The minimum Gasteiger partial charge on any atom is -0.336 e. The molecule has 6 nitrogen and oxygen atoms in total. The number of piperazine rings is 1. The molecule has 1 aliphatic heterocycles. The highest BCUT2D eigenvalue weighted by atomic mass is 35.5. The number of rotatable bonds is 3. The van der Waals surface area contributed by atoms with Crippen LogP contribution in [0.3, 0.4) is 0 Å². The van der Waals surface area contributed by atoms with E-state index in [9.17, 15) is 17.6 Å². The summed E-state index contributed by atoms with van der Waals surface area (Å²) < 4.78 is 40.7. The van der Waals surface area contributed by atoms with Gasteiger partial charge in [0.1, 0.15) is 10.7 Å². The number of hydrogen-bond donors (Lipinski definition) is 0. The molecule has 1 saturated heterocycles. The van der Waals surface area contributed by atoms with Gasteiger partial charge in [0, 0.05) is 42.7 Å². The summed E-state index contributed by atoms with van der Waals surface area (Å²) in [7, 11) is -3.84. The van der Waals surface area contributed by atoms with Crippen LogP contribution < -0.4 is 0 Å². The lowest BCUT2D eigenvalue weighted by atomic mass is 10.1. The first-order valence-corrected chi connectivity index (χ1v) is 11.7. The molecular weight excluding hydrogens is 464 g/mol. The zero-order chi connectivity index (χ0) is 22.3. The van der Waals surface area contributed by atoms with Gasteiger partial charge in [-0.2, -0.15) is 4.31 Å². The molecule has 0 radical (unpaired) electrons. The number of aryl methyl sites for hydroxylation is 1. The van der Waals surface area contributed by atoms with Crippen molar-refractivity contribution < 1.29 is 17.6 Å². The highest BCUT2D eigenvalue weighted by molar-refractivity contribution is 7.89. The van der Waals surface area contributed by atoms with Crippen molar-refractivity contribution in [1.29, 1.82) is 0 Å². The molecule has 1 aromatic heterocycles. The second-order valence-electron chi connectivity index (χ2n) is 7.23. The molecule has 0 saturated carbocycles. The van der Waals surface area contributed by atoms with E-state index in [0.29, 0.717) is 22.2 Å². The maximum atomic E-state index is 13.4. The zero-order valence-electron chi connectivity index (χ0n) is 16.5. The second-order valence-corrected chi connectivity index (χ2v) is 9.98. The van der Waals surface area contributed by atoms with Crippen molar-refractivity contribution in [2.24, 2.45) is 0 Å². The van der Waals surface area contributed by atoms with Crippen LogP contribution in [0.1, 0.15) is 16.1 Å². The van der Waals surface area contributed by atoms with Gasteiger partial charge in [0.25, 0.3) is 5.91 Å². The lowest BCUT2D eigenvalue weighted by Gasteiger charge is -2.34. The molecule has 0 unspecified atom stereocenters. The average molecular weight is 482 g/mol. The van der Waals surface area contributed by atoms with Gasteiger partial charge in [-0.3, -0.25) is 9.78 Å². The second kappa shape index (κ2) is 8.35. The summed E-state index contributed by atoms with van der Waals surface area (Å²) in [6.45, 7) is 2.39. The fraction of sp³-hybridized carbons (Fsp3) is 0.238. The maximum Gasteiger partial charge on any atom is 0.255 e. The van der Waals surface area contributed by atoms with Crippen molar-refractivity contribution in [2.45, 2.75) is 11.8 Å². The van der Waals surface area contributed by atoms with Crippen LogP contribution >= 0.6 is 23.2 Å². The third kappa shape index (κ3) is 4.25. The Morgan fingerprint density at radius 3 is 2.45 bits per heavy atom. The predicted octanol–water partition coefficient (Wildman–Crippen LogP) is 4.14. The van der Waals surface area contributed by atoms with Crippen LogP contribution in [0.2, 0.25) is 10.0 Å². The van der Waals surface area contributed by atoms with Gasteiger partial charge in [0.05, 0.1) is 21.8 Å². The Morgan fingerprint density at radius 1 is 1.03 bits per heavy atom. The molecule has 10 heteroatoms. The van der Waals surface area contributed by atoms with Crippen molar-refractivity contribution in [3.8, 4) is 0 Å². The van der Waals surface area contributed by atoms with Crippen LogP contribution in [0.15, 0.2) is 47.4 Å². The number of sulfonamides is 1. The smallest absolute Gasteiger partial charge is 0.255 e. The SMILES string of the molecule is Cc1nc2cc(F)ccc2cc1C(=O)N1CCN(S(=O)(=O)c2cc(Cl)ccc2Cl)CC1. The third-order valence-corrected chi connectivity index (χ3v) is 7.85. The van der Waals surface area contributed by atoms with E-state index < -0.39 is 15.8 Å². The quantitative estimate of drug-likeness (QED) is 0.563. The molecule has 31 heavy (non-hydrogen) atoms. The molecule has 1 amide bonds. The van der Waals surface area contributed by atoms with Crippen molar-refractivity contribution in [3.63, 3.8) is 0 Å². The standard InChI is InChI=1S/C21H18Cl2FN3O3S/c1-13-17(10-14-2-4-16(24)12-19(14)25-13)21(28)26-6-8-27(9-7-26)31(29,30)20-11-15(22)3-5-18(20)23/h2-5,10-12H,6-9H2,1H3. The van der Waals surface area contributed by atoms with E-state index in [0.717, 1.165) is 0 Å². The minimum absolute atomic E-state index is 0.0525. The molecule has 0 atom stereocenters. The highest BCUT2D eigenvalue weighted by Crippen LogP contribution is 2.28. The maximum absolute atomic E-state index is 13.4. The Bertz CT molecular complexity index is 1290. The van der Waals surface area contributed by atoms with Crippen molar-refractivity contribution >= 4 is 50.0 Å². The first-order valence-electron chi connectivity index (χ1n) is 9.48.